The van der Waals surface area contributed by atoms with E-state index in [1.807, 2.05) is 37.3 Å². The minimum atomic E-state index is -0.670. The third kappa shape index (κ3) is 4.78. The first-order valence-electron chi connectivity index (χ1n) is 11.0. The quantitative estimate of drug-likeness (QED) is 0.332. The minimum Gasteiger partial charge on any atom is -0.493 e. The number of methoxy groups -OCH3 is 2. The maximum atomic E-state index is 13.7. The molecule has 0 bridgehead atoms. The average Bonchev–Trinajstić information content (AvgIpc) is 3.18. The highest BCUT2D eigenvalue weighted by Gasteiger charge is 2.33. The van der Waals surface area contributed by atoms with E-state index in [-0.39, 0.29) is 11.3 Å². The van der Waals surface area contributed by atoms with E-state index in [2.05, 4.69) is 20.9 Å². The van der Waals surface area contributed by atoms with Crippen LogP contribution in [0.2, 0.25) is 0 Å². The molecule has 1 aromatic heterocycles. The highest BCUT2D eigenvalue weighted by Crippen LogP contribution is 2.34. The number of benzene rings is 2. The van der Waals surface area contributed by atoms with Crippen molar-refractivity contribution < 1.29 is 23.8 Å². The maximum Gasteiger partial charge on any atom is 0.338 e. The Kier molecular flexibility index (Phi) is 7.56. The molecule has 8 nitrogen and oxygen atoms in total. The number of carbonyl (C=O) groups excluding carboxylic acids is 2. The second kappa shape index (κ2) is 10.6. The van der Waals surface area contributed by atoms with E-state index in [4.69, 9.17) is 14.2 Å². The minimum absolute atomic E-state index is 0.259. The summed E-state index contributed by atoms with van der Waals surface area (Å²) in [5.41, 5.74) is 2.06. The van der Waals surface area contributed by atoms with Gasteiger partial charge in [0.2, 0.25) is 0 Å². The van der Waals surface area contributed by atoms with Crippen LogP contribution in [0.4, 0.5) is 0 Å². The number of esters is 2. The van der Waals surface area contributed by atoms with Crippen LogP contribution in [0.3, 0.4) is 0 Å². The number of allylic oxidation sites excluding steroid dienone is 1. The van der Waals surface area contributed by atoms with Crippen LogP contribution < -0.4 is 24.4 Å². The maximum absolute atomic E-state index is 13.7. The number of nitrogens with zero attached hydrogens (tertiary/aromatic N) is 2. The lowest BCUT2D eigenvalue weighted by Crippen LogP contribution is -2.40. The van der Waals surface area contributed by atoms with Gasteiger partial charge in [-0.2, -0.15) is 0 Å². The zero-order valence-corrected chi connectivity index (χ0v) is 22.4. The Morgan fingerprint density at radius 2 is 1.89 bits per heavy atom. The zero-order valence-electron chi connectivity index (χ0n) is 20.0. The van der Waals surface area contributed by atoms with Gasteiger partial charge in [-0.3, -0.25) is 14.2 Å². The Morgan fingerprint density at radius 1 is 1.17 bits per heavy atom. The van der Waals surface area contributed by atoms with Crippen molar-refractivity contribution >= 4 is 45.3 Å². The van der Waals surface area contributed by atoms with E-state index in [1.165, 1.54) is 37.0 Å². The van der Waals surface area contributed by atoms with Gasteiger partial charge in [0.05, 0.1) is 36.1 Å². The molecule has 0 unspecified atom stereocenters. The van der Waals surface area contributed by atoms with Gasteiger partial charge in [-0.25, -0.2) is 9.79 Å². The summed E-state index contributed by atoms with van der Waals surface area (Å²) >= 11 is 4.71. The molecule has 186 valence electrons. The topological polar surface area (TPSA) is 96.2 Å². The lowest BCUT2D eigenvalue weighted by Gasteiger charge is -2.25. The molecule has 0 aliphatic carbocycles. The van der Waals surface area contributed by atoms with Gasteiger partial charge in [0.15, 0.2) is 16.3 Å². The fourth-order valence-electron chi connectivity index (χ4n) is 4.01. The lowest BCUT2D eigenvalue weighted by molar-refractivity contribution is -0.136. The van der Waals surface area contributed by atoms with E-state index in [0.29, 0.717) is 42.8 Å². The molecule has 1 atom stereocenters. The number of rotatable bonds is 6. The molecule has 0 spiro atoms. The Labute approximate surface area is 219 Å². The fourth-order valence-corrected chi connectivity index (χ4v) is 5.46. The van der Waals surface area contributed by atoms with Crippen molar-refractivity contribution in [1.29, 1.82) is 0 Å². The molecule has 0 saturated carbocycles. The molecule has 2 aromatic carbocycles. The molecule has 3 aromatic rings. The van der Waals surface area contributed by atoms with Crippen LogP contribution in [0.15, 0.2) is 68.0 Å². The number of thiazole rings is 1. The van der Waals surface area contributed by atoms with Crippen LogP contribution in [-0.2, 0) is 14.3 Å². The Bertz CT molecular complexity index is 1560. The molecule has 10 heteroatoms. The Hall–Kier alpha value is -3.50. The third-order valence-corrected chi connectivity index (χ3v) is 7.26. The smallest absolute Gasteiger partial charge is 0.338 e. The number of carbonyl (C=O) groups is 2. The third-order valence-electron chi connectivity index (χ3n) is 5.59. The van der Waals surface area contributed by atoms with Crippen molar-refractivity contribution in [3.63, 3.8) is 0 Å². The van der Waals surface area contributed by atoms with Crippen LogP contribution >= 0.6 is 27.3 Å². The van der Waals surface area contributed by atoms with Crippen molar-refractivity contribution in [3.8, 4) is 11.5 Å². The zero-order chi connectivity index (χ0) is 26.0. The normalized spacial score (nSPS) is 15.2. The number of ether oxygens (including phenoxy) is 3. The van der Waals surface area contributed by atoms with E-state index in [9.17, 15) is 14.4 Å². The van der Waals surface area contributed by atoms with Crippen molar-refractivity contribution in [2.24, 2.45) is 4.99 Å². The summed E-state index contributed by atoms with van der Waals surface area (Å²) in [6.07, 6.45) is 2.21. The highest BCUT2D eigenvalue weighted by atomic mass is 79.9. The summed E-state index contributed by atoms with van der Waals surface area (Å²) in [6, 6.07) is 12.0. The molecule has 0 amide bonds. The summed E-state index contributed by atoms with van der Waals surface area (Å²) in [5.74, 6) is -0.395. The van der Waals surface area contributed by atoms with Gasteiger partial charge in [0.1, 0.15) is 0 Å². The van der Waals surface area contributed by atoms with Gasteiger partial charge in [-0.1, -0.05) is 64.5 Å². The first-order chi connectivity index (χ1) is 17.3. The monoisotopic (exact) mass is 570 g/mol. The second-order valence-corrected chi connectivity index (χ2v) is 9.68. The van der Waals surface area contributed by atoms with Crippen molar-refractivity contribution in [2.75, 3.05) is 14.2 Å². The molecular formula is C26H23BrN2O6S. The van der Waals surface area contributed by atoms with Crippen LogP contribution in [0, 0.1) is 0 Å². The van der Waals surface area contributed by atoms with Gasteiger partial charge in [0, 0.05) is 11.4 Å². The summed E-state index contributed by atoms with van der Waals surface area (Å²) in [7, 11) is 2.79. The van der Waals surface area contributed by atoms with Gasteiger partial charge in [0.25, 0.3) is 5.56 Å². The molecule has 2 heterocycles. The van der Waals surface area contributed by atoms with Crippen molar-refractivity contribution in [3.05, 3.63) is 89.0 Å². The molecule has 1 aliphatic rings. The molecular weight excluding hydrogens is 548 g/mol. The van der Waals surface area contributed by atoms with Gasteiger partial charge in [-0.15, -0.1) is 0 Å². The van der Waals surface area contributed by atoms with E-state index < -0.39 is 18.0 Å². The number of halogens is 1. The van der Waals surface area contributed by atoms with Crippen LogP contribution in [0.25, 0.3) is 6.08 Å². The first kappa shape index (κ1) is 25.6. The summed E-state index contributed by atoms with van der Waals surface area (Å²) in [5, 5.41) is 0. The standard InChI is InChI=1S/C26H23BrN2O6S/c1-5-18-22(25(32)34-4)23(15-9-7-6-8-10-15)29-24(31)21(36-26(29)28-18)12-16-11-19(33-3)20(13-17(16)27)35-14(2)30/h6-13,23H,5H2,1-4H3/b21-12-/t23-/m1/s1. The second-order valence-electron chi connectivity index (χ2n) is 7.82. The van der Waals surface area contributed by atoms with Crippen molar-refractivity contribution in [1.82, 2.24) is 4.57 Å². The number of hydrogen-bond acceptors (Lipinski definition) is 8. The molecule has 1 aliphatic heterocycles. The highest BCUT2D eigenvalue weighted by molar-refractivity contribution is 9.10. The molecule has 0 saturated heterocycles. The predicted molar refractivity (Wildman–Crippen MR) is 139 cm³/mol. The summed E-state index contributed by atoms with van der Waals surface area (Å²) in [4.78, 5) is 43.2. The van der Waals surface area contributed by atoms with Gasteiger partial charge in [-0.05, 0) is 35.8 Å². The largest absolute Gasteiger partial charge is 0.493 e. The van der Waals surface area contributed by atoms with E-state index in [0.717, 1.165) is 5.56 Å². The lowest BCUT2D eigenvalue weighted by atomic mass is 9.95. The molecule has 0 N–H and O–H groups in total. The fraction of sp³-hybridized carbons (Fsp3) is 0.231. The van der Waals surface area contributed by atoms with E-state index in [1.54, 1.807) is 18.2 Å². The Balaban J connectivity index is 1.95. The molecule has 0 radical (unpaired) electrons. The average molecular weight is 571 g/mol. The van der Waals surface area contributed by atoms with Crippen molar-refractivity contribution in [2.45, 2.75) is 26.3 Å². The van der Waals surface area contributed by atoms with Gasteiger partial charge >= 0.3 is 11.9 Å². The number of aromatic nitrogens is 1. The van der Waals surface area contributed by atoms with Crippen LogP contribution in [0.5, 0.6) is 11.5 Å². The molecule has 0 fully saturated rings. The first-order valence-corrected chi connectivity index (χ1v) is 12.6. The SMILES string of the molecule is CCC1=C(C(=O)OC)[C@@H](c2ccccc2)n2c(s/c(=C\c3cc(OC)c(OC(C)=O)cc3Br)c2=O)=N1. The predicted octanol–water partition coefficient (Wildman–Crippen LogP) is 3.49. The van der Waals surface area contributed by atoms with E-state index >= 15 is 0 Å². The Morgan fingerprint density at radius 3 is 2.50 bits per heavy atom. The molecule has 36 heavy (non-hydrogen) atoms. The van der Waals surface area contributed by atoms with Crippen LogP contribution in [-0.4, -0.2) is 30.7 Å². The summed E-state index contributed by atoms with van der Waals surface area (Å²) in [6.45, 7) is 3.21. The molecule has 4 rings (SSSR count). The van der Waals surface area contributed by atoms with Crippen LogP contribution in [0.1, 0.15) is 37.4 Å². The number of fused-ring (bicyclic) bond motifs is 1. The number of hydrogen-bond donors (Lipinski definition) is 0. The van der Waals surface area contributed by atoms with Gasteiger partial charge < -0.3 is 14.2 Å². The summed E-state index contributed by atoms with van der Waals surface area (Å²) < 4.78 is 18.2.